The number of rotatable bonds is 5. The highest BCUT2D eigenvalue weighted by atomic mass is 79.9. The quantitative estimate of drug-likeness (QED) is 0.485. The van der Waals surface area contributed by atoms with Gasteiger partial charge in [0.15, 0.2) is 5.78 Å². The second-order valence-corrected chi connectivity index (χ2v) is 6.72. The zero-order chi connectivity index (χ0) is 15.4. The van der Waals surface area contributed by atoms with E-state index in [2.05, 4.69) is 15.9 Å². The third-order valence-electron chi connectivity index (χ3n) is 3.32. The zero-order valence-corrected chi connectivity index (χ0v) is 14.3. The number of alkyl halides is 1. The van der Waals surface area contributed by atoms with E-state index >= 15 is 0 Å². The lowest BCUT2D eigenvalue weighted by Crippen LogP contribution is -2.22. The molecule has 2 aromatic rings. The summed E-state index contributed by atoms with van der Waals surface area (Å²) in [5.41, 5.74) is 2.43. The highest BCUT2D eigenvalue weighted by molar-refractivity contribution is 9.10. The minimum Gasteiger partial charge on any atom is -0.387 e. The molecule has 2 rings (SSSR count). The normalized spacial score (nSPS) is 13.7. The minimum absolute atomic E-state index is 0.114. The maximum absolute atomic E-state index is 12.4. The monoisotopic (exact) mass is 364 g/mol. The van der Waals surface area contributed by atoms with Crippen LogP contribution in [-0.2, 0) is 0 Å². The van der Waals surface area contributed by atoms with E-state index in [1.807, 2.05) is 49.6 Å². The summed E-state index contributed by atoms with van der Waals surface area (Å²) in [5, 5.41) is 10.4. The molecule has 0 aliphatic rings. The van der Waals surface area contributed by atoms with Crippen LogP contribution in [-0.4, -0.2) is 22.0 Å². The molecule has 0 saturated heterocycles. The Kier molecular flexibility index (Phi) is 5.62. The van der Waals surface area contributed by atoms with E-state index in [1.54, 1.807) is 23.9 Å². The molecule has 1 N–H and O–H groups in total. The van der Waals surface area contributed by atoms with Crippen molar-refractivity contribution < 1.29 is 9.90 Å². The number of ketones is 1. The first kappa shape index (κ1) is 16.3. The van der Waals surface area contributed by atoms with Gasteiger partial charge in [0.1, 0.15) is 4.83 Å². The molecule has 2 atom stereocenters. The zero-order valence-electron chi connectivity index (χ0n) is 11.9. The number of carbonyl (C=O) groups is 1. The van der Waals surface area contributed by atoms with Crippen molar-refractivity contribution in [1.82, 2.24) is 0 Å². The van der Waals surface area contributed by atoms with Gasteiger partial charge < -0.3 is 5.11 Å². The molecule has 0 fully saturated rings. The van der Waals surface area contributed by atoms with Crippen molar-refractivity contribution >= 4 is 33.5 Å². The number of hydrogen-bond acceptors (Lipinski definition) is 3. The lowest BCUT2D eigenvalue weighted by atomic mass is 9.99. The molecular formula is C17H17BrO2S. The summed E-state index contributed by atoms with van der Waals surface area (Å²) >= 11 is 4.97. The molecule has 0 heterocycles. The van der Waals surface area contributed by atoms with Crippen molar-refractivity contribution in [3.63, 3.8) is 0 Å². The minimum atomic E-state index is -0.866. The van der Waals surface area contributed by atoms with E-state index in [4.69, 9.17) is 0 Å². The molecule has 110 valence electrons. The molecule has 2 aromatic carbocycles. The summed E-state index contributed by atoms with van der Waals surface area (Å²) in [6.45, 7) is 1.97. The molecule has 0 amide bonds. The Hall–Kier alpha value is -1.10. The molecule has 0 unspecified atom stereocenters. The van der Waals surface area contributed by atoms with E-state index in [-0.39, 0.29) is 5.78 Å². The largest absolute Gasteiger partial charge is 0.387 e. The molecule has 0 radical (unpaired) electrons. The Morgan fingerprint density at radius 3 is 2.19 bits per heavy atom. The SMILES string of the molecule is CSc1ccc([C@@H](O)[C@@H](Br)C(=O)c2ccc(C)cc2)cc1. The number of aryl methyl sites for hydroxylation is 1. The lowest BCUT2D eigenvalue weighted by Gasteiger charge is -2.17. The first-order chi connectivity index (χ1) is 10.0. The molecular weight excluding hydrogens is 348 g/mol. The number of halogens is 1. The molecule has 0 spiro atoms. The fraction of sp³-hybridized carbons (Fsp3) is 0.235. The molecule has 0 aromatic heterocycles. The van der Waals surface area contributed by atoms with Gasteiger partial charge in [-0.25, -0.2) is 0 Å². The average molecular weight is 365 g/mol. The third-order valence-corrected chi connectivity index (χ3v) is 4.98. The summed E-state index contributed by atoms with van der Waals surface area (Å²) in [6, 6.07) is 15.0. The van der Waals surface area contributed by atoms with Crippen molar-refractivity contribution in [2.75, 3.05) is 6.26 Å². The molecule has 2 nitrogen and oxygen atoms in total. The fourth-order valence-electron chi connectivity index (χ4n) is 1.99. The van der Waals surface area contributed by atoms with E-state index < -0.39 is 10.9 Å². The van der Waals surface area contributed by atoms with Crippen LogP contribution in [0.2, 0.25) is 0 Å². The van der Waals surface area contributed by atoms with Crippen LogP contribution >= 0.6 is 27.7 Å². The maximum Gasteiger partial charge on any atom is 0.179 e. The number of aliphatic hydroxyl groups is 1. The average Bonchev–Trinajstić information content (AvgIpc) is 2.53. The van der Waals surface area contributed by atoms with Crippen LogP contribution in [0, 0.1) is 6.92 Å². The molecule has 0 saturated carbocycles. The van der Waals surface area contributed by atoms with E-state index in [9.17, 15) is 9.90 Å². The molecule has 21 heavy (non-hydrogen) atoms. The number of benzene rings is 2. The van der Waals surface area contributed by atoms with Crippen molar-refractivity contribution in [2.45, 2.75) is 22.8 Å². The van der Waals surface area contributed by atoms with Crippen molar-refractivity contribution in [2.24, 2.45) is 0 Å². The smallest absolute Gasteiger partial charge is 0.179 e. The second kappa shape index (κ2) is 7.25. The van der Waals surface area contributed by atoms with Crippen LogP contribution in [0.1, 0.15) is 27.6 Å². The van der Waals surface area contributed by atoms with Gasteiger partial charge in [0, 0.05) is 10.5 Å². The van der Waals surface area contributed by atoms with Crippen molar-refractivity contribution in [1.29, 1.82) is 0 Å². The fourth-order valence-corrected chi connectivity index (χ4v) is 2.97. The predicted molar refractivity (Wildman–Crippen MR) is 91.4 cm³/mol. The van der Waals surface area contributed by atoms with Crippen LogP contribution < -0.4 is 0 Å². The van der Waals surface area contributed by atoms with Gasteiger partial charge in [-0.3, -0.25) is 4.79 Å². The summed E-state index contributed by atoms with van der Waals surface area (Å²) in [7, 11) is 0. The van der Waals surface area contributed by atoms with Crippen molar-refractivity contribution in [3.05, 3.63) is 65.2 Å². The Morgan fingerprint density at radius 1 is 1.10 bits per heavy atom. The van der Waals surface area contributed by atoms with Gasteiger partial charge in [-0.05, 0) is 30.9 Å². The summed E-state index contributed by atoms with van der Waals surface area (Å²) < 4.78 is 0. The van der Waals surface area contributed by atoms with E-state index in [0.29, 0.717) is 5.56 Å². The molecule has 4 heteroatoms. The van der Waals surface area contributed by atoms with E-state index in [0.717, 1.165) is 16.0 Å². The topological polar surface area (TPSA) is 37.3 Å². The van der Waals surface area contributed by atoms with Gasteiger partial charge in [0.2, 0.25) is 0 Å². The number of aliphatic hydroxyl groups excluding tert-OH is 1. The Bertz CT molecular complexity index is 608. The Labute approximate surface area is 137 Å². The highest BCUT2D eigenvalue weighted by Gasteiger charge is 2.26. The standard InChI is InChI=1S/C17H17BrO2S/c1-11-3-5-12(6-4-11)16(19)15(18)17(20)13-7-9-14(21-2)10-8-13/h3-10,15,17,20H,1-2H3/t15-,17+/m0/s1. The summed E-state index contributed by atoms with van der Waals surface area (Å²) in [5.74, 6) is -0.114. The first-order valence-electron chi connectivity index (χ1n) is 6.60. The maximum atomic E-state index is 12.4. The Morgan fingerprint density at radius 2 is 1.67 bits per heavy atom. The van der Waals surface area contributed by atoms with Gasteiger partial charge in [-0.15, -0.1) is 11.8 Å². The van der Waals surface area contributed by atoms with Crippen LogP contribution in [0.15, 0.2) is 53.4 Å². The van der Waals surface area contributed by atoms with Gasteiger partial charge in [-0.2, -0.15) is 0 Å². The number of Topliss-reactive ketones (excluding diaryl/α,β-unsaturated/α-hetero) is 1. The number of thioether (sulfide) groups is 1. The molecule has 0 aliphatic carbocycles. The van der Waals surface area contributed by atoms with Crippen LogP contribution in [0.4, 0.5) is 0 Å². The van der Waals surface area contributed by atoms with Crippen molar-refractivity contribution in [3.8, 4) is 0 Å². The summed E-state index contributed by atoms with van der Waals surface area (Å²) in [4.78, 5) is 12.9. The number of carbonyl (C=O) groups excluding carboxylic acids is 1. The first-order valence-corrected chi connectivity index (χ1v) is 8.74. The van der Waals surface area contributed by atoms with Gasteiger partial charge >= 0.3 is 0 Å². The van der Waals surface area contributed by atoms with Gasteiger partial charge in [0.05, 0.1) is 6.10 Å². The van der Waals surface area contributed by atoms with Crippen LogP contribution in [0.25, 0.3) is 0 Å². The molecule has 0 aliphatic heterocycles. The van der Waals surface area contributed by atoms with Gasteiger partial charge in [0.25, 0.3) is 0 Å². The van der Waals surface area contributed by atoms with Crippen LogP contribution in [0.5, 0.6) is 0 Å². The summed E-state index contributed by atoms with van der Waals surface area (Å²) in [6.07, 6.45) is 1.13. The molecule has 0 bridgehead atoms. The third kappa shape index (κ3) is 3.96. The number of hydrogen-bond donors (Lipinski definition) is 1. The van der Waals surface area contributed by atoms with Crippen LogP contribution in [0.3, 0.4) is 0 Å². The predicted octanol–water partition coefficient (Wildman–Crippen LogP) is 4.40. The Balaban J connectivity index is 2.15. The van der Waals surface area contributed by atoms with E-state index in [1.165, 1.54) is 0 Å². The lowest BCUT2D eigenvalue weighted by molar-refractivity contribution is 0.0902. The van der Waals surface area contributed by atoms with Gasteiger partial charge in [-0.1, -0.05) is 57.9 Å². The second-order valence-electron chi connectivity index (χ2n) is 4.85. The highest BCUT2D eigenvalue weighted by Crippen LogP contribution is 2.27.